The minimum absolute atomic E-state index is 0.158. The standard InChI is InChI=1S/2C46H31N3/c1-46(2)40-14-7-5-12-36(40)44-43(46)42(37-13-6-8-15-41(37)49-44)29-18-16-28(17-19-29)30-20-22-34-35-23-21-31(45-47-24-9-25-48-45)27-39(35)33-11-4-3-10-32(33)38(34)26-30;1-46(2)40-13-7-5-11-36(40)45-44(46)43(37-12-6-8-14-41(37)49-45)29-17-15-28(16-18-29)30-19-21-34-35-22-20-31(42-27-47-23-24-48-42)26-39(35)33-10-4-3-9-32(33)38(34)25-30/h2*3-27H,1-2H3. The second kappa shape index (κ2) is 22.1. The Kier molecular flexibility index (Phi) is 12.9. The van der Waals surface area contributed by atoms with Crippen molar-refractivity contribution in [2.45, 2.75) is 38.5 Å². The highest BCUT2D eigenvalue weighted by atomic mass is 14.9. The van der Waals surface area contributed by atoms with E-state index in [1.807, 2.05) is 12.3 Å². The molecule has 0 fully saturated rings. The lowest BCUT2D eigenvalue weighted by Crippen LogP contribution is -2.16. The molecular weight excluding hydrogens is 1190 g/mol. The molecule has 0 saturated heterocycles. The molecule has 0 atom stereocenters. The van der Waals surface area contributed by atoms with Gasteiger partial charge in [-0.3, -0.25) is 9.97 Å². The van der Waals surface area contributed by atoms with E-state index < -0.39 is 0 Å². The van der Waals surface area contributed by atoms with Crippen molar-refractivity contribution >= 4 is 86.4 Å². The topological polar surface area (TPSA) is 77.3 Å². The van der Waals surface area contributed by atoms with Crippen LogP contribution >= 0.6 is 0 Å². The van der Waals surface area contributed by atoms with Crippen LogP contribution in [0.5, 0.6) is 0 Å². The van der Waals surface area contributed by atoms with Gasteiger partial charge in [0, 0.05) is 68.6 Å². The minimum Gasteiger partial charge on any atom is -0.261 e. The molecule has 4 heterocycles. The molecule has 0 spiro atoms. The highest BCUT2D eigenvalue weighted by Gasteiger charge is 2.41. The highest BCUT2D eigenvalue weighted by Crippen LogP contribution is 2.55. The van der Waals surface area contributed by atoms with Gasteiger partial charge in [0.15, 0.2) is 5.82 Å². The van der Waals surface area contributed by atoms with Crippen LogP contribution in [-0.2, 0) is 10.8 Å². The number of hydrogen-bond acceptors (Lipinski definition) is 6. The number of hydrogen-bond donors (Lipinski definition) is 0. The van der Waals surface area contributed by atoms with E-state index in [0.717, 1.165) is 45.1 Å². The van der Waals surface area contributed by atoms with Gasteiger partial charge in [-0.25, -0.2) is 19.9 Å². The first kappa shape index (κ1) is 57.1. The third-order valence-electron chi connectivity index (χ3n) is 21.1. The van der Waals surface area contributed by atoms with Gasteiger partial charge in [-0.05, 0) is 174 Å². The van der Waals surface area contributed by atoms with Crippen molar-refractivity contribution < 1.29 is 0 Å². The van der Waals surface area contributed by atoms with Crippen LogP contribution in [0.2, 0.25) is 0 Å². The fourth-order valence-electron chi connectivity index (χ4n) is 16.5. The summed E-state index contributed by atoms with van der Waals surface area (Å²) in [7, 11) is 0. The predicted molar refractivity (Wildman–Crippen MR) is 407 cm³/mol. The first-order chi connectivity index (χ1) is 48.1. The number of para-hydroxylation sites is 2. The summed E-state index contributed by atoms with van der Waals surface area (Å²) < 4.78 is 0. The van der Waals surface area contributed by atoms with E-state index in [0.29, 0.717) is 0 Å². The van der Waals surface area contributed by atoms with Gasteiger partial charge in [-0.2, -0.15) is 0 Å². The van der Waals surface area contributed by atoms with Crippen LogP contribution in [0, 0.1) is 0 Å². The molecule has 20 rings (SSSR count). The van der Waals surface area contributed by atoms with Gasteiger partial charge in [0.2, 0.25) is 0 Å². The maximum absolute atomic E-state index is 5.23. The molecule has 0 N–H and O–H groups in total. The number of rotatable bonds is 6. The molecule has 0 aliphatic heterocycles. The molecule has 0 unspecified atom stereocenters. The number of aromatic nitrogens is 6. The Hall–Kier alpha value is -12.4. The third-order valence-corrected chi connectivity index (χ3v) is 21.1. The minimum atomic E-state index is -0.159. The van der Waals surface area contributed by atoms with Crippen LogP contribution in [0.3, 0.4) is 0 Å². The van der Waals surface area contributed by atoms with E-state index >= 15 is 0 Å². The Morgan fingerprint density at radius 2 is 0.602 bits per heavy atom. The van der Waals surface area contributed by atoms with Gasteiger partial charge < -0.3 is 0 Å². The van der Waals surface area contributed by atoms with Crippen molar-refractivity contribution in [3.05, 3.63) is 326 Å². The SMILES string of the molecule is CC1(C)c2ccccc2-c2nc3ccccc3c(-c3ccc(-c4ccc5c6ccc(-c7cnccn7)cc6c6ccccc6c5c4)cc3)c21.CC1(C)c2ccccc2-c2nc3ccccc3c(-c3ccc(-c4ccc5c6ccc(-c7ncccn7)cc6c6ccccc6c5c4)cc3)c21. The zero-order valence-corrected chi connectivity index (χ0v) is 54.6. The molecule has 0 saturated carbocycles. The average molecular weight is 1250 g/mol. The van der Waals surface area contributed by atoms with E-state index in [1.165, 1.54) is 153 Å². The Balaban J connectivity index is 0.000000137. The van der Waals surface area contributed by atoms with E-state index in [-0.39, 0.29) is 10.8 Å². The van der Waals surface area contributed by atoms with Crippen LogP contribution in [0.15, 0.2) is 304 Å². The summed E-state index contributed by atoms with van der Waals surface area (Å²) in [5.41, 5.74) is 24.5. The van der Waals surface area contributed by atoms with Crippen molar-refractivity contribution in [1.29, 1.82) is 0 Å². The lowest BCUT2D eigenvalue weighted by atomic mass is 9.78. The Labute approximate surface area is 567 Å². The maximum atomic E-state index is 5.23. The fourth-order valence-corrected chi connectivity index (χ4v) is 16.5. The van der Waals surface area contributed by atoms with Gasteiger partial charge in [0.1, 0.15) is 0 Å². The molecule has 0 bridgehead atoms. The van der Waals surface area contributed by atoms with Crippen LogP contribution in [0.25, 0.3) is 176 Å². The number of fused-ring (bicyclic) bond motifs is 20. The zero-order chi connectivity index (χ0) is 65.4. The molecular formula is C92H62N6. The van der Waals surface area contributed by atoms with Crippen molar-refractivity contribution in [3.63, 3.8) is 0 Å². The summed E-state index contributed by atoms with van der Waals surface area (Å²) in [5, 5.41) is 17.3. The highest BCUT2D eigenvalue weighted by molar-refractivity contribution is 6.27. The first-order valence-corrected chi connectivity index (χ1v) is 33.7. The molecule has 460 valence electrons. The van der Waals surface area contributed by atoms with Crippen LogP contribution in [0.4, 0.5) is 0 Å². The van der Waals surface area contributed by atoms with Gasteiger partial charge in [-0.1, -0.05) is 258 Å². The Morgan fingerprint density at radius 3 is 1.04 bits per heavy atom. The zero-order valence-electron chi connectivity index (χ0n) is 54.6. The predicted octanol–water partition coefficient (Wildman–Crippen LogP) is 23.6. The molecule has 98 heavy (non-hydrogen) atoms. The Morgan fingerprint density at radius 1 is 0.255 bits per heavy atom. The van der Waals surface area contributed by atoms with E-state index in [4.69, 9.17) is 9.97 Å². The molecule has 0 amide bonds. The van der Waals surface area contributed by atoms with Gasteiger partial charge >= 0.3 is 0 Å². The molecule has 2 aliphatic carbocycles. The normalized spacial score (nSPS) is 13.3. The summed E-state index contributed by atoms with van der Waals surface area (Å²) in [6.45, 7) is 9.36. The number of benzene rings is 14. The second-order valence-corrected chi connectivity index (χ2v) is 27.2. The lowest BCUT2D eigenvalue weighted by Gasteiger charge is -2.25. The quantitative estimate of drug-likeness (QED) is 0.154. The van der Waals surface area contributed by atoms with Gasteiger partial charge in [0.05, 0.1) is 34.3 Å². The van der Waals surface area contributed by atoms with Crippen molar-refractivity contribution in [2.75, 3.05) is 0 Å². The van der Waals surface area contributed by atoms with E-state index in [9.17, 15) is 0 Å². The third kappa shape index (κ3) is 8.87. The first-order valence-electron chi connectivity index (χ1n) is 33.7. The summed E-state index contributed by atoms with van der Waals surface area (Å²) >= 11 is 0. The maximum Gasteiger partial charge on any atom is 0.159 e. The largest absolute Gasteiger partial charge is 0.261 e. The molecule has 6 nitrogen and oxygen atoms in total. The monoisotopic (exact) mass is 1250 g/mol. The molecule has 2 aliphatic rings. The summed E-state index contributed by atoms with van der Waals surface area (Å²) in [6.07, 6.45) is 8.88. The second-order valence-electron chi connectivity index (χ2n) is 27.2. The van der Waals surface area contributed by atoms with Gasteiger partial charge in [0.25, 0.3) is 0 Å². The van der Waals surface area contributed by atoms with Crippen molar-refractivity contribution in [3.8, 4) is 89.7 Å². The molecule has 14 aromatic carbocycles. The van der Waals surface area contributed by atoms with Crippen molar-refractivity contribution in [1.82, 2.24) is 29.9 Å². The summed E-state index contributed by atoms with van der Waals surface area (Å²) in [5.74, 6) is 0.741. The smallest absolute Gasteiger partial charge is 0.159 e. The van der Waals surface area contributed by atoms with E-state index in [1.54, 1.807) is 24.8 Å². The summed E-state index contributed by atoms with van der Waals surface area (Å²) in [6, 6.07) is 99.4. The molecule has 18 aromatic rings. The van der Waals surface area contributed by atoms with Gasteiger partial charge in [-0.15, -0.1) is 0 Å². The molecule has 4 aromatic heterocycles. The average Bonchev–Trinajstić information content (AvgIpc) is 1.44. The van der Waals surface area contributed by atoms with Crippen LogP contribution in [-0.4, -0.2) is 29.9 Å². The Bertz CT molecular complexity index is 5910. The summed E-state index contributed by atoms with van der Waals surface area (Å²) in [4.78, 5) is 28.3. The van der Waals surface area contributed by atoms with E-state index in [2.05, 4.69) is 315 Å². The van der Waals surface area contributed by atoms with Crippen LogP contribution < -0.4 is 0 Å². The number of nitrogens with zero attached hydrogens (tertiary/aromatic N) is 6. The van der Waals surface area contributed by atoms with Crippen LogP contribution in [0.1, 0.15) is 49.9 Å². The van der Waals surface area contributed by atoms with Crippen molar-refractivity contribution in [2.24, 2.45) is 0 Å². The molecule has 6 heteroatoms. The molecule has 0 radical (unpaired) electrons. The number of pyridine rings is 2. The lowest BCUT2D eigenvalue weighted by molar-refractivity contribution is 0.661. The fraction of sp³-hybridized carbons (Fsp3) is 0.0652.